The number of carbonyl (C=O) groups excluding carboxylic acids is 1. The monoisotopic (exact) mass is 256 g/mol. The number of hydrogen-bond donors (Lipinski definition) is 2. The molecule has 0 atom stereocenters. The Morgan fingerprint density at radius 3 is 2.94 bits per heavy atom. The van der Waals surface area contributed by atoms with Crippen molar-refractivity contribution in [2.45, 2.75) is 19.3 Å². The van der Waals surface area contributed by atoms with Crippen LogP contribution in [0.1, 0.15) is 18.7 Å². The molecule has 0 aliphatic heterocycles. The highest BCUT2D eigenvalue weighted by Crippen LogP contribution is 2.26. The van der Waals surface area contributed by atoms with Gasteiger partial charge in [-0.1, -0.05) is 19.9 Å². The van der Waals surface area contributed by atoms with Gasteiger partial charge in [0.2, 0.25) is 5.91 Å². The minimum Gasteiger partial charge on any atom is -0.370 e. The Morgan fingerprint density at radius 1 is 1.59 bits per heavy atom. The van der Waals surface area contributed by atoms with Gasteiger partial charge in [0.25, 0.3) is 0 Å². The molecule has 1 heterocycles. The van der Waals surface area contributed by atoms with Crippen LogP contribution < -0.4 is 11.1 Å². The Morgan fingerprint density at radius 2 is 2.35 bits per heavy atom. The maximum absolute atomic E-state index is 11.5. The molecule has 0 bridgehead atoms. The first-order chi connectivity index (χ1) is 8.06. The van der Waals surface area contributed by atoms with Gasteiger partial charge in [0, 0.05) is 23.4 Å². The maximum atomic E-state index is 11.5. The van der Waals surface area contributed by atoms with Gasteiger partial charge >= 0.3 is 0 Å². The molecule has 3 N–H and O–H groups in total. The summed E-state index contributed by atoms with van der Waals surface area (Å²) in [7, 11) is 0. The molecule has 0 fully saturated rings. The maximum Gasteiger partial charge on any atom is 0.246 e. The molecular formula is C12H20N2O2S. The van der Waals surface area contributed by atoms with E-state index < -0.39 is 0 Å². The number of rotatable bonds is 7. The lowest BCUT2D eigenvalue weighted by atomic mass is 9.91. The van der Waals surface area contributed by atoms with E-state index in [1.165, 1.54) is 4.88 Å². The Balaban J connectivity index is 2.32. The summed E-state index contributed by atoms with van der Waals surface area (Å²) in [6.45, 7) is 5.77. The van der Waals surface area contributed by atoms with Gasteiger partial charge in [0.1, 0.15) is 6.61 Å². The summed E-state index contributed by atoms with van der Waals surface area (Å²) in [5, 5.41) is 4.92. The average Bonchev–Trinajstić information content (AvgIpc) is 2.81. The lowest BCUT2D eigenvalue weighted by molar-refractivity contribution is -0.125. The first-order valence-electron chi connectivity index (χ1n) is 5.65. The smallest absolute Gasteiger partial charge is 0.246 e. The van der Waals surface area contributed by atoms with E-state index in [2.05, 4.69) is 25.2 Å². The van der Waals surface area contributed by atoms with E-state index in [9.17, 15) is 4.79 Å². The molecule has 0 saturated carbocycles. The zero-order valence-electron chi connectivity index (χ0n) is 10.4. The number of nitrogens with one attached hydrogen (secondary N) is 1. The molecule has 0 aliphatic rings. The molecule has 0 aliphatic carbocycles. The summed E-state index contributed by atoms with van der Waals surface area (Å²) < 4.78 is 5.07. The van der Waals surface area contributed by atoms with Gasteiger partial charge in [0.15, 0.2) is 0 Å². The van der Waals surface area contributed by atoms with Gasteiger partial charge in [-0.05, 0) is 11.4 Å². The zero-order chi connectivity index (χ0) is 12.7. The number of carbonyl (C=O) groups is 1. The van der Waals surface area contributed by atoms with Crippen LogP contribution in [0.5, 0.6) is 0 Å². The summed E-state index contributed by atoms with van der Waals surface area (Å²) in [5.74, 6) is -0.0944. The molecule has 4 nitrogen and oxygen atoms in total. The summed E-state index contributed by atoms with van der Waals surface area (Å²) in [6, 6.07) is 4.11. The van der Waals surface area contributed by atoms with Crippen LogP contribution in [0.25, 0.3) is 0 Å². The molecule has 1 aromatic rings. The third kappa shape index (κ3) is 4.85. The predicted molar refractivity (Wildman–Crippen MR) is 70.2 cm³/mol. The molecule has 1 rings (SSSR count). The van der Waals surface area contributed by atoms with Gasteiger partial charge in [-0.25, -0.2) is 0 Å². The minimum absolute atomic E-state index is 0.0440. The lowest BCUT2D eigenvalue weighted by Gasteiger charge is -2.23. The second kappa shape index (κ2) is 6.74. The second-order valence-corrected chi connectivity index (χ2v) is 5.43. The Kier molecular flexibility index (Phi) is 5.61. The van der Waals surface area contributed by atoms with Gasteiger partial charge in [-0.2, -0.15) is 0 Å². The Hall–Kier alpha value is -0.910. The summed E-state index contributed by atoms with van der Waals surface area (Å²) in [4.78, 5) is 12.7. The molecule has 0 unspecified atom stereocenters. The van der Waals surface area contributed by atoms with Crippen LogP contribution in [0, 0.1) is 0 Å². The van der Waals surface area contributed by atoms with Gasteiger partial charge in [0.05, 0.1) is 6.61 Å². The van der Waals surface area contributed by atoms with Crippen LogP contribution in [-0.2, 0) is 14.9 Å². The fraction of sp³-hybridized carbons (Fsp3) is 0.583. The van der Waals surface area contributed by atoms with Crippen LogP contribution in [0.3, 0.4) is 0 Å². The van der Waals surface area contributed by atoms with Crippen LogP contribution in [-0.4, -0.2) is 32.2 Å². The fourth-order valence-electron chi connectivity index (χ4n) is 1.37. The van der Waals surface area contributed by atoms with Crippen LogP contribution in [0.2, 0.25) is 0 Å². The Labute approximate surface area is 106 Å². The molecule has 0 aromatic carbocycles. The van der Waals surface area contributed by atoms with Crippen molar-refractivity contribution in [1.82, 2.24) is 5.32 Å². The molecule has 0 radical (unpaired) electrons. The highest BCUT2D eigenvalue weighted by molar-refractivity contribution is 7.10. The summed E-state index contributed by atoms with van der Waals surface area (Å²) in [5.41, 5.74) is 5.22. The standard InChI is InChI=1S/C12H20N2O2S/c1-12(2,10-4-3-7-17-10)9-14-11(15)8-16-6-5-13/h3-4,7H,5-6,8-9,13H2,1-2H3,(H,14,15). The van der Waals surface area contributed by atoms with Gasteiger partial charge < -0.3 is 15.8 Å². The molecule has 0 spiro atoms. The van der Waals surface area contributed by atoms with Crippen molar-refractivity contribution in [2.24, 2.45) is 5.73 Å². The summed E-state index contributed by atoms with van der Waals surface area (Å²) in [6.07, 6.45) is 0. The molecule has 96 valence electrons. The van der Waals surface area contributed by atoms with E-state index in [0.717, 1.165) is 0 Å². The summed E-state index contributed by atoms with van der Waals surface area (Å²) >= 11 is 1.70. The van der Waals surface area contributed by atoms with Gasteiger partial charge in [-0.15, -0.1) is 11.3 Å². The van der Waals surface area contributed by atoms with Crippen LogP contribution >= 0.6 is 11.3 Å². The van der Waals surface area contributed by atoms with Crippen LogP contribution in [0.15, 0.2) is 17.5 Å². The minimum atomic E-state index is -0.0944. The zero-order valence-corrected chi connectivity index (χ0v) is 11.2. The third-order valence-corrected chi connectivity index (χ3v) is 3.65. The molecule has 5 heteroatoms. The Bertz CT molecular complexity index is 336. The highest BCUT2D eigenvalue weighted by atomic mass is 32.1. The van der Waals surface area contributed by atoms with E-state index in [1.807, 2.05) is 11.4 Å². The van der Waals surface area contributed by atoms with Crippen molar-refractivity contribution in [3.63, 3.8) is 0 Å². The van der Waals surface area contributed by atoms with E-state index in [0.29, 0.717) is 19.7 Å². The van der Waals surface area contributed by atoms with Crippen molar-refractivity contribution >= 4 is 17.2 Å². The fourth-order valence-corrected chi connectivity index (χ4v) is 2.22. The van der Waals surface area contributed by atoms with E-state index >= 15 is 0 Å². The van der Waals surface area contributed by atoms with Crippen LogP contribution in [0.4, 0.5) is 0 Å². The van der Waals surface area contributed by atoms with E-state index in [1.54, 1.807) is 11.3 Å². The molecule has 1 amide bonds. The normalized spacial score (nSPS) is 11.5. The lowest BCUT2D eigenvalue weighted by Crippen LogP contribution is -2.38. The first kappa shape index (κ1) is 14.2. The number of amides is 1. The van der Waals surface area contributed by atoms with Gasteiger partial charge in [-0.3, -0.25) is 4.79 Å². The van der Waals surface area contributed by atoms with Crippen molar-refractivity contribution in [3.05, 3.63) is 22.4 Å². The van der Waals surface area contributed by atoms with Crippen molar-refractivity contribution in [2.75, 3.05) is 26.3 Å². The highest BCUT2D eigenvalue weighted by Gasteiger charge is 2.22. The average molecular weight is 256 g/mol. The van der Waals surface area contributed by atoms with Crippen molar-refractivity contribution in [1.29, 1.82) is 0 Å². The molecule has 0 saturated heterocycles. The second-order valence-electron chi connectivity index (χ2n) is 4.48. The molecule has 1 aromatic heterocycles. The molecular weight excluding hydrogens is 236 g/mol. The number of nitrogens with two attached hydrogens (primary N) is 1. The van der Waals surface area contributed by atoms with Crippen molar-refractivity contribution < 1.29 is 9.53 Å². The largest absolute Gasteiger partial charge is 0.370 e. The third-order valence-electron chi connectivity index (χ3n) is 2.41. The SMILES string of the molecule is CC(C)(CNC(=O)COCCN)c1cccs1. The first-order valence-corrected chi connectivity index (χ1v) is 6.53. The quantitative estimate of drug-likeness (QED) is 0.718. The van der Waals surface area contributed by atoms with Crippen molar-refractivity contribution in [3.8, 4) is 0 Å². The van der Waals surface area contributed by atoms with E-state index in [-0.39, 0.29) is 17.9 Å². The predicted octanol–water partition coefficient (Wildman–Crippen LogP) is 1.12. The molecule has 17 heavy (non-hydrogen) atoms. The number of ether oxygens (including phenoxy) is 1. The number of thiophene rings is 1. The van der Waals surface area contributed by atoms with E-state index in [4.69, 9.17) is 10.5 Å². The number of hydrogen-bond acceptors (Lipinski definition) is 4. The topological polar surface area (TPSA) is 64.3 Å².